The van der Waals surface area contributed by atoms with Crippen LogP contribution in [-0.2, 0) is 4.79 Å². The van der Waals surface area contributed by atoms with E-state index in [0.717, 1.165) is 5.56 Å². The lowest BCUT2D eigenvalue weighted by Gasteiger charge is -2.11. The number of halogens is 2. The molecule has 1 aromatic rings. The molecule has 1 unspecified atom stereocenters. The minimum absolute atomic E-state index is 0.0316. The van der Waals surface area contributed by atoms with E-state index in [1.54, 1.807) is 23.9 Å². The quantitative estimate of drug-likeness (QED) is 0.873. The highest BCUT2D eigenvalue weighted by Crippen LogP contribution is 2.35. The minimum atomic E-state index is -0.824. The van der Waals surface area contributed by atoms with Gasteiger partial charge in [0.25, 0.3) is 0 Å². The SMILES string of the molecule is O=C(O)C1CS[C@H](c2ccc(Cl)c(Cl)c2)N1. The Kier molecular flexibility index (Phi) is 3.64. The molecule has 2 atom stereocenters. The zero-order valence-corrected chi connectivity index (χ0v) is 10.4. The fraction of sp³-hybridized carbons (Fsp3) is 0.300. The first-order valence-electron chi connectivity index (χ1n) is 4.63. The van der Waals surface area contributed by atoms with Crippen molar-refractivity contribution in [3.8, 4) is 0 Å². The Morgan fingerprint density at radius 1 is 1.44 bits per heavy atom. The van der Waals surface area contributed by atoms with Crippen molar-refractivity contribution < 1.29 is 9.90 Å². The minimum Gasteiger partial charge on any atom is -0.480 e. The van der Waals surface area contributed by atoms with Gasteiger partial charge in [-0.1, -0.05) is 29.3 Å². The van der Waals surface area contributed by atoms with Crippen LogP contribution in [0.3, 0.4) is 0 Å². The highest BCUT2D eigenvalue weighted by molar-refractivity contribution is 7.99. The molecule has 1 saturated heterocycles. The van der Waals surface area contributed by atoms with Gasteiger partial charge in [-0.3, -0.25) is 10.1 Å². The fourth-order valence-electron chi connectivity index (χ4n) is 1.48. The molecule has 0 radical (unpaired) electrons. The lowest BCUT2D eigenvalue weighted by molar-refractivity contribution is -0.138. The summed E-state index contributed by atoms with van der Waals surface area (Å²) in [6, 6.07) is 4.83. The van der Waals surface area contributed by atoms with Gasteiger partial charge in [0.15, 0.2) is 0 Å². The topological polar surface area (TPSA) is 49.3 Å². The monoisotopic (exact) mass is 277 g/mol. The predicted octanol–water partition coefficient (Wildman–Crippen LogP) is 2.78. The van der Waals surface area contributed by atoms with Crippen LogP contribution in [0.15, 0.2) is 18.2 Å². The first-order valence-corrected chi connectivity index (χ1v) is 6.44. The summed E-state index contributed by atoms with van der Waals surface area (Å²) in [4.78, 5) is 10.8. The summed E-state index contributed by atoms with van der Waals surface area (Å²) in [7, 11) is 0. The predicted molar refractivity (Wildman–Crippen MR) is 66.2 cm³/mol. The van der Waals surface area contributed by atoms with Gasteiger partial charge in [0.1, 0.15) is 6.04 Å². The average Bonchev–Trinajstić information content (AvgIpc) is 2.71. The Morgan fingerprint density at radius 3 is 2.75 bits per heavy atom. The van der Waals surface area contributed by atoms with Crippen LogP contribution in [0.5, 0.6) is 0 Å². The van der Waals surface area contributed by atoms with Crippen molar-refractivity contribution in [1.29, 1.82) is 0 Å². The van der Waals surface area contributed by atoms with Crippen LogP contribution in [0, 0.1) is 0 Å². The van der Waals surface area contributed by atoms with Crippen LogP contribution >= 0.6 is 35.0 Å². The van der Waals surface area contributed by atoms with E-state index in [2.05, 4.69) is 5.32 Å². The van der Waals surface area contributed by atoms with Gasteiger partial charge in [-0.05, 0) is 17.7 Å². The summed E-state index contributed by atoms with van der Waals surface area (Å²) in [6.07, 6.45) is 0. The molecule has 0 spiro atoms. The van der Waals surface area contributed by atoms with Crippen molar-refractivity contribution in [2.75, 3.05) is 5.75 Å². The summed E-state index contributed by atoms with van der Waals surface area (Å²) in [5.74, 6) is -0.268. The summed E-state index contributed by atoms with van der Waals surface area (Å²) in [6.45, 7) is 0. The fourth-order valence-corrected chi connectivity index (χ4v) is 3.01. The standard InChI is InChI=1S/C10H9Cl2NO2S/c11-6-2-1-5(3-7(6)12)9-13-8(4-16-9)10(14)15/h1-3,8-9,13H,4H2,(H,14,15)/t8?,9-/m1/s1. The Labute approximate surface area is 107 Å². The lowest BCUT2D eigenvalue weighted by Crippen LogP contribution is -2.33. The zero-order valence-electron chi connectivity index (χ0n) is 8.11. The Hall–Kier alpha value is -0.420. The molecular weight excluding hydrogens is 269 g/mol. The van der Waals surface area contributed by atoms with Crippen molar-refractivity contribution >= 4 is 40.9 Å². The van der Waals surface area contributed by atoms with Crippen molar-refractivity contribution in [1.82, 2.24) is 5.32 Å². The van der Waals surface area contributed by atoms with Gasteiger partial charge in [-0.2, -0.15) is 0 Å². The van der Waals surface area contributed by atoms with E-state index in [9.17, 15) is 4.79 Å². The first kappa shape index (κ1) is 12.0. The number of carbonyl (C=O) groups is 1. The third-order valence-corrected chi connectivity index (χ3v) is 4.33. The molecule has 1 fully saturated rings. The van der Waals surface area contributed by atoms with Crippen LogP contribution < -0.4 is 5.32 Å². The van der Waals surface area contributed by atoms with Gasteiger partial charge < -0.3 is 5.11 Å². The third kappa shape index (κ3) is 2.46. The van der Waals surface area contributed by atoms with Crippen molar-refractivity contribution in [2.24, 2.45) is 0 Å². The normalized spacial score (nSPS) is 24.6. The molecule has 1 heterocycles. The molecule has 1 aromatic carbocycles. The summed E-state index contributed by atoms with van der Waals surface area (Å²) in [5, 5.41) is 12.8. The summed E-state index contributed by atoms with van der Waals surface area (Å²) < 4.78 is 0. The number of hydrogen-bond donors (Lipinski definition) is 2. The molecule has 1 aliphatic heterocycles. The molecule has 16 heavy (non-hydrogen) atoms. The number of carboxylic acid groups (broad SMARTS) is 1. The molecule has 2 rings (SSSR count). The first-order chi connectivity index (χ1) is 7.58. The number of thioether (sulfide) groups is 1. The molecule has 0 amide bonds. The van der Waals surface area contributed by atoms with Crippen molar-refractivity contribution in [3.05, 3.63) is 33.8 Å². The summed E-state index contributed by atoms with van der Waals surface area (Å²) in [5.41, 5.74) is 0.947. The zero-order chi connectivity index (χ0) is 11.7. The van der Waals surface area contributed by atoms with Crippen molar-refractivity contribution in [2.45, 2.75) is 11.4 Å². The number of carboxylic acids is 1. The molecule has 3 nitrogen and oxygen atoms in total. The molecule has 6 heteroatoms. The van der Waals surface area contributed by atoms with Crippen LogP contribution in [0.4, 0.5) is 0 Å². The molecule has 1 aliphatic rings. The highest BCUT2D eigenvalue weighted by atomic mass is 35.5. The molecule has 0 bridgehead atoms. The van der Waals surface area contributed by atoms with Crippen molar-refractivity contribution in [3.63, 3.8) is 0 Å². The molecule has 0 aromatic heterocycles. The van der Waals surface area contributed by atoms with Gasteiger partial charge in [0.2, 0.25) is 0 Å². The number of benzene rings is 1. The van der Waals surface area contributed by atoms with Crippen LogP contribution in [0.1, 0.15) is 10.9 Å². The second kappa shape index (κ2) is 4.84. The maximum Gasteiger partial charge on any atom is 0.321 e. The molecule has 0 saturated carbocycles. The molecule has 86 valence electrons. The average molecular weight is 278 g/mol. The van der Waals surface area contributed by atoms with Gasteiger partial charge in [0, 0.05) is 5.75 Å². The van der Waals surface area contributed by atoms with Crippen LogP contribution in [0.2, 0.25) is 10.0 Å². The maximum atomic E-state index is 10.8. The van der Waals surface area contributed by atoms with Gasteiger partial charge in [-0.15, -0.1) is 11.8 Å². The number of hydrogen-bond acceptors (Lipinski definition) is 3. The number of aliphatic carboxylic acids is 1. The lowest BCUT2D eigenvalue weighted by atomic mass is 10.2. The van der Waals surface area contributed by atoms with E-state index in [4.69, 9.17) is 28.3 Å². The van der Waals surface area contributed by atoms with E-state index >= 15 is 0 Å². The largest absolute Gasteiger partial charge is 0.480 e. The van der Waals surface area contributed by atoms with E-state index < -0.39 is 12.0 Å². The third-order valence-electron chi connectivity index (χ3n) is 2.33. The number of nitrogens with one attached hydrogen (secondary N) is 1. The maximum absolute atomic E-state index is 10.8. The van der Waals surface area contributed by atoms with E-state index in [1.165, 1.54) is 0 Å². The number of rotatable bonds is 2. The Morgan fingerprint density at radius 2 is 2.19 bits per heavy atom. The van der Waals surface area contributed by atoms with Crippen LogP contribution in [-0.4, -0.2) is 22.9 Å². The molecule has 2 N–H and O–H groups in total. The van der Waals surface area contributed by atoms with Gasteiger partial charge in [-0.25, -0.2) is 0 Å². The molecule has 0 aliphatic carbocycles. The second-order valence-corrected chi connectivity index (χ2v) is 5.40. The highest BCUT2D eigenvalue weighted by Gasteiger charge is 2.30. The van der Waals surface area contributed by atoms with E-state index in [0.29, 0.717) is 15.8 Å². The molecular formula is C10H9Cl2NO2S. The van der Waals surface area contributed by atoms with E-state index in [1.807, 2.05) is 6.07 Å². The Balaban J connectivity index is 2.14. The van der Waals surface area contributed by atoms with E-state index in [-0.39, 0.29) is 5.37 Å². The smallest absolute Gasteiger partial charge is 0.321 e. The van der Waals surface area contributed by atoms with Crippen LogP contribution in [0.25, 0.3) is 0 Å². The van der Waals surface area contributed by atoms with Gasteiger partial charge in [0.05, 0.1) is 15.4 Å². The van der Waals surface area contributed by atoms with Gasteiger partial charge >= 0.3 is 5.97 Å². The Bertz CT molecular complexity index is 427. The second-order valence-electron chi connectivity index (χ2n) is 3.44. The summed E-state index contributed by atoms with van der Waals surface area (Å²) >= 11 is 13.3.